The van der Waals surface area contributed by atoms with Crippen molar-refractivity contribution in [3.05, 3.63) is 54.1 Å². The SMILES string of the molecule is C[C@H]1OCCN[C@@H]1C(=O)NCCc1nccn1Cc1ccccc1.Cl.Cl. The molecule has 1 aliphatic heterocycles. The normalized spacial score (nSPS) is 19.1. The van der Waals surface area contributed by atoms with Crippen LogP contribution in [0.25, 0.3) is 0 Å². The molecule has 0 unspecified atom stereocenters. The highest BCUT2D eigenvalue weighted by atomic mass is 35.5. The van der Waals surface area contributed by atoms with Gasteiger partial charge in [-0.25, -0.2) is 4.98 Å². The number of rotatable bonds is 6. The number of hydrogen-bond donors (Lipinski definition) is 2. The van der Waals surface area contributed by atoms with Crippen molar-refractivity contribution in [2.24, 2.45) is 0 Å². The highest BCUT2D eigenvalue weighted by Gasteiger charge is 2.27. The van der Waals surface area contributed by atoms with E-state index in [4.69, 9.17) is 4.74 Å². The zero-order chi connectivity index (χ0) is 16.8. The predicted molar refractivity (Wildman–Crippen MR) is 106 cm³/mol. The Morgan fingerprint density at radius 1 is 1.35 bits per heavy atom. The Balaban J connectivity index is 0.00000169. The molecule has 0 aliphatic carbocycles. The molecule has 6 nitrogen and oxygen atoms in total. The van der Waals surface area contributed by atoms with Gasteiger partial charge in [-0.1, -0.05) is 30.3 Å². The van der Waals surface area contributed by atoms with E-state index in [0.29, 0.717) is 26.1 Å². The summed E-state index contributed by atoms with van der Waals surface area (Å²) in [6, 6.07) is 10.0. The van der Waals surface area contributed by atoms with Crippen molar-refractivity contribution in [3.8, 4) is 0 Å². The smallest absolute Gasteiger partial charge is 0.239 e. The molecule has 0 saturated carbocycles. The van der Waals surface area contributed by atoms with Crippen LogP contribution in [-0.4, -0.2) is 47.3 Å². The summed E-state index contributed by atoms with van der Waals surface area (Å²) in [6.45, 7) is 4.64. The minimum absolute atomic E-state index is 0. The molecule has 1 aromatic heterocycles. The van der Waals surface area contributed by atoms with E-state index in [2.05, 4.69) is 32.3 Å². The number of benzene rings is 1. The van der Waals surface area contributed by atoms with E-state index in [-0.39, 0.29) is 42.9 Å². The van der Waals surface area contributed by atoms with Crippen LogP contribution in [-0.2, 0) is 22.5 Å². The molecule has 26 heavy (non-hydrogen) atoms. The number of hydrogen-bond acceptors (Lipinski definition) is 4. The molecule has 3 rings (SSSR count). The van der Waals surface area contributed by atoms with Crippen LogP contribution in [0.1, 0.15) is 18.3 Å². The second-order valence-electron chi connectivity index (χ2n) is 6.01. The number of nitrogens with zero attached hydrogens (tertiary/aromatic N) is 2. The van der Waals surface area contributed by atoms with Gasteiger partial charge < -0.3 is 19.9 Å². The van der Waals surface area contributed by atoms with Gasteiger partial charge in [-0.2, -0.15) is 0 Å². The summed E-state index contributed by atoms with van der Waals surface area (Å²) in [6.07, 6.45) is 4.38. The van der Waals surface area contributed by atoms with Crippen molar-refractivity contribution in [1.29, 1.82) is 0 Å². The lowest BCUT2D eigenvalue weighted by Crippen LogP contribution is -2.55. The number of amides is 1. The fraction of sp³-hybridized carbons (Fsp3) is 0.444. The van der Waals surface area contributed by atoms with Gasteiger partial charge in [0.25, 0.3) is 0 Å². The van der Waals surface area contributed by atoms with Crippen LogP contribution in [0, 0.1) is 0 Å². The van der Waals surface area contributed by atoms with E-state index >= 15 is 0 Å². The lowest BCUT2D eigenvalue weighted by molar-refractivity contribution is -0.128. The van der Waals surface area contributed by atoms with Crippen LogP contribution < -0.4 is 10.6 Å². The van der Waals surface area contributed by atoms with E-state index < -0.39 is 0 Å². The van der Waals surface area contributed by atoms with Crippen molar-refractivity contribution >= 4 is 30.7 Å². The van der Waals surface area contributed by atoms with Crippen molar-refractivity contribution < 1.29 is 9.53 Å². The third kappa shape index (κ3) is 5.99. The van der Waals surface area contributed by atoms with Gasteiger partial charge in [0.1, 0.15) is 11.9 Å². The summed E-state index contributed by atoms with van der Waals surface area (Å²) in [5.74, 6) is 0.962. The molecule has 1 fully saturated rings. The Kier molecular flexibility index (Phi) is 9.65. The van der Waals surface area contributed by atoms with Crippen molar-refractivity contribution in [3.63, 3.8) is 0 Å². The number of aromatic nitrogens is 2. The minimum Gasteiger partial charge on any atom is -0.375 e. The number of carbonyl (C=O) groups excluding carboxylic acids is 1. The van der Waals surface area contributed by atoms with Crippen LogP contribution in [0.5, 0.6) is 0 Å². The summed E-state index contributed by atoms with van der Waals surface area (Å²) in [5, 5.41) is 6.18. The first kappa shape index (κ1) is 22.4. The monoisotopic (exact) mass is 400 g/mol. The summed E-state index contributed by atoms with van der Waals surface area (Å²) in [5.41, 5.74) is 1.23. The molecule has 1 amide bonds. The van der Waals surface area contributed by atoms with Crippen molar-refractivity contribution in [1.82, 2.24) is 20.2 Å². The van der Waals surface area contributed by atoms with Gasteiger partial charge in [0.15, 0.2) is 0 Å². The zero-order valence-corrected chi connectivity index (χ0v) is 16.4. The average Bonchev–Trinajstić information content (AvgIpc) is 3.03. The second kappa shape index (κ2) is 11.2. The molecule has 2 heterocycles. The van der Waals surface area contributed by atoms with Crippen molar-refractivity contribution in [2.45, 2.75) is 32.0 Å². The van der Waals surface area contributed by atoms with E-state index in [1.807, 2.05) is 31.3 Å². The number of carbonyl (C=O) groups is 1. The number of ether oxygens (including phenoxy) is 1. The molecule has 2 N–H and O–H groups in total. The standard InChI is InChI=1S/C18H24N4O2.2ClH/c1-14-17(20-10-12-24-14)18(23)21-8-7-16-19-9-11-22(16)13-15-5-3-2-4-6-15;;/h2-6,9,11,14,17,20H,7-8,10,12-13H2,1H3,(H,21,23);2*1H/t14-,17+;;/m1../s1. The fourth-order valence-electron chi connectivity index (χ4n) is 2.93. The van der Waals surface area contributed by atoms with E-state index in [1.165, 1.54) is 5.56 Å². The van der Waals surface area contributed by atoms with Crippen LogP contribution >= 0.6 is 24.8 Å². The Bertz CT molecular complexity index is 666. The molecular formula is C18H26Cl2N4O2. The molecule has 1 aromatic carbocycles. The quantitative estimate of drug-likeness (QED) is 0.775. The van der Waals surface area contributed by atoms with Crippen LogP contribution in [0.3, 0.4) is 0 Å². The van der Waals surface area contributed by atoms with Crippen LogP contribution in [0.15, 0.2) is 42.7 Å². The second-order valence-corrected chi connectivity index (χ2v) is 6.01. The van der Waals surface area contributed by atoms with E-state index in [9.17, 15) is 4.79 Å². The highest BCUT2D eigenvalue weighted by molar-refractivity contribution is 5.85. The topological polar surface area (TPSA) is 68.2 Å². The largest absolute Gasteiger partial charge is 0.375 e. The summed E-state index contributed by atoms with van der Waals surface area (Å²) in [4.78, 5) is 16.6. The third-order valence-corrected chi connectivity index (χ3v) is 4.24. The predicted octanol–water partition coefficient (Wildman–Crippen LogP) is 1.81. The molecule has 0 bridgehead atoms. The van der Waals surface area contributed by atoms with Crippen LogP contribution in [0.2, 0.25) is 0 Å². The minimum atomic E-state index is -0.275. The molecule has 2 aromatic rings. The van der Waals surface area contributed by atoms with Gasteiger partial charge in [0, 0.05) is 38.4 Å². The van der Waals surface area contributed by atoms with E-state index in [1.54, 1.807) is 6.20 Å². The Morgan fingerprint density at radius 2 is 2.12 bits per heavy atom. The maximum absolute atomic E-state index is 12.2. The molecular weight excluding hydrogens is 375 g/mol. The first-order valence-corrected chi connectivity index (χ1v) is 8.40. The Hall–Kier alpha value is -1.60. The molecule has 8 heteroatoms. The third-order valence-electron chi connectivity index (χ3n) is 4.24. The fourth-order valence-corrected chi connectivity index (χ4v) is 2.93. The maximum atomic E-state index is 12.2. The zero-order valence-electron chi connectivity index (χ0n) is 14.8. The van der Waals surface area contributed by atoms with Crippen LogP contribution in [0.4, 0.5) is 0 Å². The summed E-state index contributed by atoms with van der Waals surface area (Å²) >= 11 is 0. The number of morpholine rings is 1. The Morgan fingerprint density at radius 3 is 2.85 bits per heavy atom. The average molecular weight is 401 g/mol. The number of imidazole rings is 1. The van der Waals surface area contributed by atoms with Gasteiger partial charge >= 0.3 is 0 Å². The number of halogens is 2. The van der Waals surface area contributed by atoms with Gasteiger partial charge in [-0.3, -0.25) is 4.79 Å². The highest BCUT2D eigenvalue weighted by Crippen LogP contribution is 2.07. The van der Waals surface area contributed by atoms with Gasteiger partial charge in [0.05, 0.1) is 12.7 Å². The Labute approximate surface area is 166 Å². The van der Waals surface area contributed by atoms with E-state index in [0.717, 1.165) is 12.4 Å². The molecule has 144 valence electrons. The van der Waals surface area contributed by atoms with Gasteiger partial charge in [-0.15, -0.1) is 24.8 Å². The summed E-state index contributed by atoms with van der Waals surface area (Å²) < 4.78 is 7.63. The maximum Gasteiger partial charge on any atom is 0.239 e. The molecule has 2 atom stereocenters. The molecule has 0 spiro atoms. The van der Waals surface area contributed by atoms with Gasteiger partial charge in [-0.05, 0) is 12.5 Å². The first-order chi connectivity index (χ1) is 11.7. The molecule has 0 radical (unpaired) electrons. The van der Waals surface area contributed by atoms with Crippen molar-refractivity contribution in [2.75, 3.05) is 19.7 Å². The van der Waals surface area contributed by atoms with Gasteiger partial charge in [0.2, 0.25) is 5.91 Å². The molecule has 1 aliphatic rings. The first-order valence-electron chi connectivity index (χ1n) is 8.40. The lowest BCUT2D eigenvalue weighted by Gasteiger charge is -2.29. The lowest BCUT2D eigenvalue weighted by atomic mass is 10.1. The molecule has 1 saturated heterocycles. The number of nitrogens with one attached hydrogen (secondary N) is 2. The summed E-state index contributed by atoms with van der Waals surface area (Å²) in [7, 11) is 0.